The highest BCUT2D eigenvalue weighted by molar-refractivity contribution is 7.85. The number of ether oxygens (including phenoxy) is 12. The van der Waals surface area contributed by atoms with Crippen LogP contribution in [0.15, 0.2) is 96.6 Å². The molecule has 2 unspecified atom stereocenters. The number of carbonyl (C=O) groups excluding carboxylic acids is 11. The molecule has 12 atom stereocenters. The quantitative estimate of drug-likeness (QED) is 0.0207. The molecule has 5 fully saturated rings. The number of rotatable bonds is 56. The first kappa shape index (κ1) is 104. The second kappa shape index (κ2) is 51.2. The van der Waals surface area contributed by atoms with Crippen LogP contribution in [0.4, 0.5) is 21.0 Å². The molecule has 1 aromatic heterocycles. The highest BCUT2D eigenvalue weighted by Gasteiger charge is 2.76. The molecule has 41 heteroatoms. The highest BCUT2D eigenvalue weighted by atomic mass is 32.2. The van der Waals surface area contributed by atoms with Crippen molar-refractivity contribution in [2.75, 3.05) is 161 Å². The number of fused-ring (bicyclic) bond motifs is 12. The molecular weight excluding hydrogens is 1760 g/mol. The molecular formula is C93H131N13O27S. The van der Waals surface area contributed by atoms with Crippen molar-refractivity contribution in [1.82, 2.24) is 51.8 Å². The van der Waals surface area contributed by atoms with Gasteiger partial charge in [0.05, 0.1) is 148 Å². The zero-order valence-electron chi connectivity index (χ0n) is 77.0. The van der Waals surface area contributed by atoms with E-state index in [9.17, 15) is 66.3 Å². The summed E-state index contributed by atoms with van der Waals surface area (Å²) in [6.07, 6.45) is 6.57. The largest absolute Gasteiger partial charge is 0.445 e. The fraction of sp³-hybridized carbons (Fsp3) is 0.624. The number of anilines is 2. The Bertz CT molecular complexity index is 4830. The standard InChI is InChI=1S/C93H131N13O27S/c1-6-13-82-132-75-55-70-68-25-22-64-54-66(107)28-31-91(64,4)83(68)73(108)56-92(70,5)93(75,133-82)74(109)60-130-81-19-12-35-104(81)80(114)57-98-90(118)131-59-62-20-23-65(24-21-62)99-87(115)71(17-11-32-97-89(94)117)100-88(116)84(61(2)3)101-78(112)30-38-123-42-46-127-49-51-128-47-43-124-39-33-95-76(110)26-27-79(113)105-58-63-14-7-8-15-67(63)85-86(69-16-9-10-18-72(69)105)106(103-102-85)36-40-125-44-48-129-52-50-126-45-41-122-37-29-77(111)96-34-53-134(119,120)121/h7-10,14-16,18,20-21,23-24,28,31,54,61,68,70-71,73,75,81-84,108H,6,11-13,17,19,22,25-27,29-30,32-53,55-60H2,1-5H3,(H,95,110)(H,96,111)(H,98,118)(H,99,115)(H,100,116)(H,101,112)(H3,94,97,117)(H,119,120,121)/t68-,70-,71-,73-,75+,81?,82?,83+,84-,91-,92-,93+/m0/s1. The average Bonchev–Trinajstić information content (AvgIpc) is 1.50. The summed E-state index contributed by atoms with van der Waals surface area (Å²) in [5, 5.41) is 39.8. The molecule has 736 valence electrons. The summed E-state index contributed by atoms with van der Waals surface area (Å²) < 4.78 is 102. The minimum absolute atomic E-state index is 0.0204. The van der Waals surface area contributed by atoms with Crippen LogP contribution >= 0.6 is 0 Å². The normalized spacial score (nSPS) is 22.4. The predicted molar refractivity (Wildman–Crippen MR) is 485 cm³/mol. The summed E-state index contributed by atoms with van der Waals surface area (Å²) >= 11 is 0. The van der Waals surface area contributed by atoms with Gasteiger partial charge >= 0.3 is 12.1 Å². The average molecular weight is 1900 g/mol. The molecule has 11 rings (SSSR count). The van der Waals surface area contributed by atoms with Crippen LogP contribution in [0.5, 0.6) is 0 Å². The molecule has 0 radical (unpaired) electrons. The molecule has 3 saturated carbocycles. The van der Waals surface area contributed by atoms with Gasteiger partial charge in [0.15, 0.2) is 23.5 Å². The number of hydrogen-bond acceptors (Lipinski definition) is 28. The van der Waals surface area contributed by atoms with E-state index in [1.165, 1.54) is 4.90 Å². The first-order chi connectivity index (χ1) is 64.5. The number of likely N-dealkylation sites (tertiary alicyclic amines) is 1. The molecule has 2 saturated heterocycles. The van der Waals surface area contributed by atoms with Crippen molar-refractivity contribution >= 4 is 86.5 Å². The van der Waals surface area contributed by atoms with Gasteiger partial charge in [0.25, 0.3) is 10.1 Å². The molecule has 11 N–H and O–H groups in total. The third-order valence-electron chi connectivity index (χ3n) is 25.5. The molecule has 3 aliphatic heterocycles. The summed E-state index contributed by atoms with van der Waals surface area (Å²) in [4.78, 5) is 149. The lowest BCUT2D eigenvalue weighted by molar-refractivity contribution is -0.203. The van der Waals surface area contributed by atoms with E-state index < -0.39 is 123 Å². The number of hydrogen-bond donors (Lipinski definition) is 10. The molecule has 10 amide bonds. The van der Waals surface area contributed by atoms with Crippen molar-refractivity contribution in [3.63, 3.8) is 0 Å². The maximum atomic E-state index is 15.0. The predicted octanol–water partition coefficient (Wildman–Crippen LogP) is 4.91. The van der Waals surface area contributed by atoms with E-state index in [1.807, 2.05) is 61.5 Å². The maximum absolute atomic E-state index is 15.0. The van der Waals surface area contributed by atoms with E-state index in [2.05, 4.69) is 61.4 Å². The van der Waals surface area contributed by atoms with E-state index in [-0.39, 0.29) is 198 Å². The first-order valence-electron chi connectivity index (χ1n) is 46.4. The number of para-hydroxylation sites is 1. The third kappa shape index (κ3) is 28.8. The van der Waals surface area contributed by atoms with Crippen molar-refractivity contribution in [3.05, 3.63) is 108 Å². The topological polar surface area (TPSA) is 521 Å². The SMILES string of the molecule is CCCC1O[C@@H]2C[C@H]3[C@@H]4CCC5=CC(=O)C=C[C@]5(C)[C@H]4[C@@H](O)C[C@]3(C)[C@]2(C(=O)COC2CCCN2C(=O)CNC(=O)OCc2ccc(NC(=O)[C@H](CCCNC(N)=O)NC(=O)[C@@H](NC(=O)CCOCCOCCOCCOCCNC(=O)CCC(=O)N3Cc4ccccc4-c4nnn(CCOCCOCCOCCOCCC(=O)NCCS(=O)(=O)O)c4-c4ccccc43)C(C)C)cc2)O1. The van der Waals surface area contributed by atoms with Crippen LogP contribution in [0.25, 0.3) is 22.5 Å². The Hall–Kier alpha value is -10.1. The number of primary amides is 1. The number of aliphatic hydroxyl groups excluding tert-OH is 1. The third-order valence-corrected chi connectivity index (χ3v) is 26.2. The lowest BCUT2D eigenvalue weighted by atomic mass is 9.46. The number of nitrogens with zero attached hydrogens (tertiary/aromatic N) is 5. The van der Waals surface area contributed by atoms with Crippen molar-refractivity contribution in [2.45, 2.75) is 187 Å². The number of allylic oxidation sites excluding steroid dienone is 4. The first-order valence-corrected chi connectivity index (χ1v) is 48.0. The fourth-order valence-electron chi connectivity index (χ4n) is 19.0. The van der Waals surface area contributed by atoms with Gasteiger partial charge in [-0.25, -0.2) is 14.3 Å². The lowest BCUT2D eigenvalue weighted by Gasteiger charge is -2.59. The Balaban J connectivity index is 0.519. The lowest BCUT2D eigenvalue weighted by Crippen LogP contribution is -2.63. The number of Topliss-reactive ketones (excluding diaryl/α,β-unsaturated/α-hetero) is 1. The molecule has 3 aromatic carbocycles. The van der Waals surface area contributed by atoms with Gasteiger partial charge in [0, 0.05) is 85.4 Å². The van der Waals surface area contributed by atoms with E-state index >= 15 is 0 Å². The van der Waals surface area contributed by atoms with E-state index in [4.69, 9.17) is 67.1 Å². The number of aromatic nitrogens is 3. The minimum Gasteiger partial charge on any atom is -0.445 e. The highest BCUT2D eigenvalue weighted by Crippen LogP contribution is 2.70. The van der Waals surface area contributed by atoms with Crippen molar-refractivity contribution in [2.24, 2.45) is 40.2 Å². The number of benzene rings is 3. The van der Waals surface area contributed by atoms with Crippen LogP contribution in [-0.4, -0.2) is 296 Å². The molecule has 4 aliphatic carbocycles. The molecule has 4 heterocycles. The van der Waals surface area contributed by atoms with Gasteiger partial charge in [0.1, 0.15) is 43.8 Å². The second-order valence-electron chi connectivity index (χ2n) is 35.0. The summed E-state index contributed by atoms with van der Waals surface area (Å²) in [7, 11) is -4.15. The number of nitrogens with two attached hydrogens (primary N) is 1. The molecule has 7 aliphatic rings. The van der Waals surface area contributed by atoms with Crippen LogP contribution in [0.2, 0.25) is 0 Å². The van der Waals surface area contributed by atoms with Gasteiger partial charge in [-0.15, -0.1) is 5.10 Å². The van der Waals surface area contributed by atoms with Crippen molar-refractivity contribution < 1.29 is 128 Å². The molecule has 0 spiro atoms. The van der Waals surface area contributed by atoms with Crippen LogP contribution in [0.1, 0.15) is 136 Å². The second-order valence-corrected chi connectivity index (χ2v) is 36.6. The maximum Gasteiger partial charge on any atom is 0.407 e. The summed E-state index contributed by atoms with van der Waals surface area (Å²) in [5.41, 5.74) is 8.90. The molecule has 0 bridgehead atoms. The number of aliphatic hydroxyl groups is 1. The monoisotopic (exact) mass is 1890 g/mol. The van der Waals surface area contributed by atoms with Crippen LogP contribution in [-0.2, 0) is 130 Å². The number of carbonyl (C=O) groups is 11. The van der Waals surface area contributed by atoms with Gasteiger partial charge in [-0.2, -0.15) is 8.42 Å². The van der Waals surface area contributed by atoms with Gasteiger partial charge in [-0.3, -0.25) is 47.7 Å². The Morgan fingerprint density at radius 2 is 1.33 bits per heavy atom. The Labute approximate surface area is 780 Å². The fourth-order valence-corrected chi connectivity index (χ4v) is 19.3. The number of urea groups is 1. The zero-order valence-corrected chi connectivity index (χ0v) is 77.9. The number of amides is 10. The van der Waals surface area contributed by atoms with E-state index in [1.54, 1.807) is 59.8 Å². The Morgan fingerprint density at radius 3 is 2.00 bits per heavy atom. The van der Waals surface area contributed by atoms with E-state index in [0.29, 0.717) is 106 Å². The summed E-state index contributed by atoms with van der Waals surface area (Å²) in [5.74, 6) is -4.55. The molecule has 4 aromatic rings. The van der Waals surface area contributed by atoms with Gasteiger partial charge in [0.2, 0.25) is 41.4 Å². The van der Waals surface area contributed by atoms with Crippen LogP contribution in [0, 0.1) is 34.5 Å². The zero-order chi connectivity index (χ0) is 95.8. The Morgan fingerprint density at radius 1 is 0.694 bits per heavy atom. The smallest absolute Gasteiger partial charge is 0.407 e. The number of alkyl carbamates (subject to hydrolysis) is 1. The van der Waals surface area contributed by atoms with Crippen molar-refractivity contribution in [1.29, 1.82) is 0 Å². The van der Waals surface area contributed by atoms with Gasteiger partial charge in [-0.05, 0) is 117 Å². The van der Waals surface area contributed by atoms with Gasteiger partial charge in [-0.1, -0.05) is 112 Å². The summed E-state index contributed by atoms with van der Waals surface area (Å²) in [6, 6.07) is 18.6. The minimum atomic E-state index is -4.15. The van der Waals surface area contributed by atoms with Crippen molar-refractivity contribution in [3.8, 4) is 22.5 Å². The number of ketones is 2. The van der Waals surface area contributed by atoms with Crippen LogP contribution in [0.3, 0.4) is 0 Å². The van der Waals surface area contributed by atoms with Crippen LogP contribution < -0.4 is 47.9 Å². The Kier molecular flexibility index (Phi) is 39.8. The number of nitrogens with one attached hydrogen (secondary N) is 7. The molecule has 134 heavy (non-hydrogen) atoms. The molecule has 40 nitrogen and oxygen atoms in total. The van der Waals surface area contributed by atoms with Gasteiger partial charge < -0.3 is 115 Å². The van der Waals surface area contributed by atoms with E-state index in [0.717, 1.165) is 35.1 Å². The summed E-state index contributed by atoms with van der Waals surface area (Å²) in [6.45, 7) is 13.5.